The van der Waals surface area contributed by atoms with Crippen molar-refractivity contribution in [3.8, 4) is 0 Å². The molecular formula is C13H18ClF3N2O. The summed E-state index contributed by atoms with van der Waals surface area (Å²) in [6, 6.07) is 0.884. The van der Waals surface area contributed by atoms with Crippen molar-refractivity contribution in [2.24, 2.45) is 0 Å². The van der Waals surface area contributed by atoms with Gasteiger partial charge >= 0.3 is 6.18 Å². The van der Waals surface area contributed by atoms with Crippen LogP contribution in [0.3, 0.4) is 0 Å². The Kier molecular flexibility index (Phi) is 6.71. The number of rotatable bonds is 7. The van der Waals surface area contributed by atoms with Crippen LogP contribution in [0.25, 0.3) is 0 Å². The summed E-state index contributed by atoms with van der Waals surface area (Å²) < 4.78 is 42.6. The molecule has 0 fully saturated rings. The molecule has 0 aliphatic rings. The van der Waals surface area contributed by atoms with E-state index in [4.69, 9.17) is 16.3 Å². The van der Waals surface area contributed by atoms with Gasteiger partial charge in [0.05, 0.1) is 22.9 Å². The third kappa shape index (κ3) is 5.26. The third-order valence-electron chi connectivity index (χ3n) is 2.74. The molecule has 0 spiro atoms. The Morgan fingerprint density at radius 2 is 2.15 bits per heavy atom. The van der Waals surface area contributed by atoms with Crippen molar-refractivity contribution >= 4 is 11.6 Å². The minimum Gasteiger partial charge on any atom is -0.383 e. The van der Waals surface area contributed by atoms with Gasteiger partial charge in [-0.15, -0.1) is 0 Å². The summed E-state index contributed by atoms with van der Waals surface area (Å²) in [5.41, 5.74) is -0.402. The first-order chi connectivity index (χ1) is 9.38. The van der Waals surface area contributed by atoms with Gasteiger partial charge in [-0.3, -0.25) is 4.98 Å². The van der Waals surface area contributed by atoms with Crippen LogP contribution in [0.2, 0.25) is 5.02 Å². The summed E-state index contributed by atoms with van der Waals surface area (Å²) in [4.78, 5) is 3.83. The van der Waals surface area contributed by atoms with Crippen molar-refractivity contribution in [3.05, 3.63) is 28.5 Å². The molecule has 3 nitrogen and oxygen atoms in total. The molecule has 0 radical (unpaired) electrons. The Balaban J connectivity index is 2.80. The van der Waals surface area contributed by atoms with Gasteiger partial charge in [0.25, 0.3) is 0 Å². The van der Waals surface area contributed by atoms with Crippen LogP contribution < -0.4 is 5.32 Å². The van der Waals surface area contributed by atoms with Crippen molar-refractivity contribution in [1.29, 1.82) is 0 Å². The monoisotopic (exact) mass is 310 g/mol. The second-order valence-corrected chi connectivity index (χ2v) is 4.87. The number of hydrogen-bond donors (Lipinski definition) is 1. The lowest BCUT2D eigenvalue weighted by Gasteiger charge is -2.18. The summed E-state index contributed by atoms with van der Waals surface area (Å²) in [6.07, 6.45) is -2.24. The number of alkyl halides is 3. The number of nitrogens with zero attached hydrogens (tertiary/aromatic N) is 1. The lowest BCUT2D eigenvalue weighted by Crippen LogP contribution is -2.36. The maximum atomic E-state index is 12.5. The highest BCUT2D eigenvalue weighted by molar-refractivity contribution is 6.31. The van der Waals surface area contributed by atoms with E-state index in [1.165, 1.54) is 0 Å². The van der Waals surface area contributed by atoms with Crippen molar-refractivity contribution in [2.45, 2.75) is 32.0 Å². The molecule has 0 bridgehead atoms. The second kappa shape index (κ2) is 7.81. The highest BCUT2D eigenvalue weighted by Crippen LogP contribution is 2.31. The van der Waals surface area contributed by atoms with Crippen LogP contribution in [-0.4, -0.2) is 31.3 Å². The van der Waals surface area contributed by atoms with E-state index in [0.29, 0.717) is 18.7 Å². The number of hydrogen-bond acceptors (Lipinski definition) is 3. The van der Waals surface area contributed by atoms with E-state index in [9.17, 15) is 13.2 Å². The lowest BCUT2D eigenvalue weighted by molar-refractivity contribution is -0.137. The molecule has 7 heteroatoms. The predicted octanol–water partition coefficient (Wildman–Crippen LogP) is 3.31. The molecule has 1 heterocycles. The van der Waals surface area contributed by atoms with E-state index >= 15 is 0 Å². The fourth-order valence-corrected chi connectivity index (χ4v) is 1.99. The Hall–Kier alpha value is -0.850. The maximum Gasteiger partial charge on any atom is 0.417 e. The Bertz CT molecular complexity index is 427. The van der Waals surface area contributed by atoms with Gasteiger partial charge in [-0.05, 0) is 19.0 Å². The first kappa shape index (κ1) is 17.2. The van der Waals surface area contributed by atoms with Crippen LogP contribution in [0.15, 0.2) is 12.3 Å². The smallest absolute Gasteiger partial charge is 0.383 e. The maximum absolute atomic E-state index is 12.5. The standard InChI is InChI=1S/C13H18ClF3N2O/c1-3-4-18-10(8-20-2)6-12-11(14)5-9(7-19-12)13(15,16)17/h5,7,10,18H,3-4,6,8H2,1-2H3. The number of ether oxygens (including phenoxy) is 1. The fraction of sp³-hybridized carbons (Fsp3) is 0.615. The second-order valence-electron chi connectivity index (χ2n) is 4.46. The molecule has 0 saturated carbocycles. The quantitative estimate of drug-likeness (QED) is 0.839. The molecule has 0 amide bonds. The number of halogens is 4. The lowest BCUT2D eigenvalue weighted by atomic mass is 10.1. The summed E-state index contributed by atoms with van der Waals surface area (Å²) in [5, 5.41) is 3.27. The van der Waals surface area contributed by atoms with Crippen LogP contribution in [0.4, 0.5) is 13.2 Å². The zero-order valence-electron chi connectivity index (χ0n) is 11.4. The first-order valence-corrected chi connectivity index (χ1v) is 6.70. The van der Waals surface area contributed by atoms with Gasteiger partial charge in [-0.1, -0.05) is 18.5 Å². The normalized spacial score (nSPS) is 13.5. The third-order valence-corrected chi connectivity index (χ3v) is 3.06. The van der Waals surface area contributed by atoms with Crippen molar-refractivity contribution in [2.75, 3.05) is 20.3 Å². The predicted molar refractivity (Wildman–Crippen MR) is 71.9 cm³/mol. The number of aromatic nitrogens is 1. The Morgan fingerprint density at radius 1 is 1.45 bits per heavy atom. The molecule has 1 N–H and O–H groups in total. The molecule has 0 saturated heterocycles. The largest absolute Gasteiger partial charge is 0.417 e. The molecule has 0 aliphatic carbocycles. The summed E-state index contributed by atoms with van der Waals surface area (Å²) in [6.45, 7) is 3.27. The van der Waals surface area contributed by atoms with Gasteiger partial charge in [0.15, 0.2) is 0 Å². The van der Waals surface area contributed by atoms with Crippen LogP contribution in [0.1, 0.15) is 24.6 Å². The molecule has 1 rings (SSSR count). The molecule has 1 aromatic rings. The number of methoxy groups -OCH3 is 1. The number of pyridine rings is 1. The molecule has 0 aromatic carbocycles. The fourth-order valence-electron chi connectivity index (χ4n) is 1.74. The van der Waals surface area contributed by atoms with Gasteiger partial charge in [-0.25, -0.2) is 0 Å². The van der Waals surface area contributed by atoms with Crippen molar-refractivity contribution in [1.82, 2.24) is 10.3 Å². The SMILES string of the molecule is CCCNC(COC)Cc1ncc(C(F)(F)F)cc1Cl. The minimum atomic E-state index is -4.43. The van der Waals surface area contributed by atoms with Crippen LogP contribution >= 0.6 is 11.6 Å². The first-order valence-electron chi connectivity index (χ1n) is 6.32. The van der Waals surface area contributed by atoms with E-state index in [0.717, 1.165) is 25.2 Å². The van der Waals surface area contributed by atoms with Crippen molar-refractivity contribution < 1.29 is 17.9 Å². The molecule has 1 unspecified atom stereocenters. The highest BCUT2D eigenvalue weighted by atomic mass is 35.5. The zero-order valence-corrected chi connectivity index (χ0v) is 12.2. The highest BCUT2D eigenvalue weighted by Gasteiger charge is 2.31. The van der Waals surface area contributed by atoms with Gasteiger partial charge in [0.2, 0.25) is 0 Å². The van der Waals surface area contributed by atoms with E-state index in [1.54, 1.807) is 7.11 Å². The Morgan fingerprint density at radius 3 is 2.65 bits per heavy atom. The van der Waals surface area contributed by atoms with E-state index in [2.05, 4.69) is 10.3 Å². The average molecular weight is 311 g/mol. The van der Waals surface area contributed by atoms with E-state index in [1.807, 2.05) is 6.92 Å². The van der Waals surface area contributed by atoms with Crippen LogP contribution in [0, 0.1) is 0 Å². The van der Waals surface area contributed by atoms with Gasteiger partial charge in [0, 0.05) is 25.8 Å². The van der Waals surface area contributed by atoms with Gasteiger partial charge < -0.3 is 10.1 Å². The Labute approximate surface area is 121 Å². The minimum absolute atomic E-state index is 0.0262. The molecule has 1 atom stereocenters. The summed E-state index contributed by atoms with van der Waals surface area (Å²) in [7, 11) is 1.57. The number of nitrogens with one attached hydrogen (secondary N) is 1. The van der Waals surface area contributed by atoms with E-state index in [-0.39, 0.29) is 11.1 Å². The molecule has 114 valence electrons. The average Bonchev–Trinajstić information content (AvgIpc) is 2.37. The molecule has 0 aliphatic heterocycles. The summed E-state index contributed by atoms with van der Waals surface area (Å²) >= 11 is 5.88. The molecular weight excluding hydrogens is 293 g/mol. The zero-order chi connectivity index (χ0) is 15.2. The molecule has 1 aromatic heterocycles. The van der Waals surface area contributed by atoms with Gasteiger partial charge in [0.1, 0.15) is 0 Å². The summed E-state index contributed by atoms with van der Waals surface area (Å²) in [5.74, 6) is 0. The topological polar surface area (TPSA) is 34.1 Å². The van der Waals surface area contributed by atoms with Crippen molar-refractivity contribution in [3.63, 3.8) is 0 Å². The van der Waals surface area contributed by atoms with E-state index < -0.39 is 11.7 Å². The van der Waals surface area contributed by atoms with Gasteiger partial charge in [-0.2, -0.15) is 13.2 Å². The molecule has 20 heavy (non-hydrogen) atoms. The van der Waals surface area contributed by atoms with Crippen LogP contribution in [-0.2, 0) is 17.3 Å². The van der Waals surface area contributed by atoms with Crippen LogP contribution in [0.5, 0.6) is 0 Å².